The normalized spacial score (nSPS) is 15.5. The Morgan fingerprint density at radius 2 is 1.69 bits per heavy atom. The summed E-state index contributed by atoms with van der Waals surface area (Å²) in [4.78, 5) is 16.1. The van der Waals surface area contributed by atoms with E-state index < -0.39 is 0 Å². The van der Waals surface area contributed by atoms with E-state index in [-0.39, 0.29) is 0 Å². The number of rotatable bonds is 6. The summed E-state index contributed by atoms with van der Waals surface area (Å²) >= 11 is 0. The highest BCUT2D eigenvalue weighted by Gasteiger charge is 2.17. The van der Waals surface area contributed by atoms with Crippen LogP contribution in [0.3, 0.4) is 0 Å². The van der Waals surface area contributed by atoms with Crippen molar-refractivity contribution in [3.8, 4) is 0 Å². The van der Waals surface area contributed by atoms with Gasteiger partial charge in [0, 0.05) is 18.8 Å². The second kappa shape index (κ2) is 9.18. The number of allylic oxidation sites excluding steroid dienone is 2. The molecule has 1 fully saturated rings. The van der Waals surface area contributed by atoms with E-state index in [0.29, 0.717) is 17.8 Å². The summed E-state index contributed by atoms with van der Waals surface area (Å²) in [5.74, 6) is 1.61. The number of piperidine rings is 1. The third-order valence-electron chi connectivity index (χ3n) is 5.81. The van der Waals surface area contributed by atoms with Gasteiger partial charge in [0.15, 0.2) is 0 Å². The minimum absolute atomic E-state index is 0.429. The molecule has 7 nitrogen and oxygen atoms in total. The summed E-state index contributed by atoms with van der Waals surface area (Å²) in [5, 5.41) is 7.73. The van der Waals surface area contributed by atoms with Gasteiger partial charge in [-0.2, -0.15) is 20.1 Å². The van der Waals surface area contributed by atoms with E-state index in [4.69, 9.17) is 0 Å². The number of hydrogen-bond acceptors (Lipinski definition) is 7. The van der Waals surface area contributed by atoms with Gasteiger partial charge < -0.3 is 10.2 Å². The zero-order valence-corrected chi connectivity index (χ0v) is 18.3. The first-order valence-electron chi connectivity index (χ1n) is 11.2. The molecule has 1 aromatic heterocycles. The van der Waals surface area contributed by atoms with Gasteiger partial charge in [-0.25, -0.2) is 5.43 Å². The third kappa shape index (κ3) is 4.61. The Kier molecular flexibility index (Phi) is 5.79. The summed E-state index contributed by atoms with van der Waals surface area (Å²) < 4.78 is 0. The molecule has 2 aliphatic rings. The van der Waals surface area contributed by atoms with E-state index in [1.165, 1.54) is 23.1 Å². The zero-order valence-electron chi connectivity index (χ0n) is 18.3. The molecule has 0 amide bonds. The first-order valence-corrected chi connectivity index (χ1v) is 11.2. The molecule has 1 aliphatic carbocycles. The largest absolute Gasteiger partial charge is 0.341 e. The van der Waals surface area contributed by atoms with Crippen LogP contribution in [0.25, 0.3) is 5.57 Å². The molecule has 2 aromatic carbocycles. The molecule has 1 saturated heterocycles. The van der Waals surface area contributed by atoms with Crippen LogP contribution in [0.4, 0.5) is 23.5 Å². The van der Waals surface area contributed by atoms with E-state index in [1.807, 2.05) is 18.3 Å². The average molecular weight is 426 g/mol. The number of hydrazone groups is 1. The predicted octanol–water partition coefficient (Wildman–Crippen LogP) is 4.95. The summed E-state index contributed by atoms with van der Waals surface area (Å²) in [7, 11) is 0. The third-order valence-corrected chi connectivity index (χ3v) is 5.81. The van der Waals surface area contributed by atoms with E-state index in [9.17, 15) is 0 Å². The molecule has 0 spiro atoms. The molecule has 0 bridgehead atoms. The summed E-state index contributed by atoms with van der Waals surface area (Å²) in [6.07, 6.45) is 8.52. The first-order chi connectivity index (χ1) is 15.7. The van der Waals surface area contributed by atoms with Crippen LogP contribution < -0.4 is 15.6 Å². The molecule has 0 unspecified atom stereocenters. The van der Waals surface area contributed by atoms with Gasteiger partial charge in [-0.3, -0.25) is 0 Å². The standard InChI is InChI=1S/C25H27N7/c1-18-9-13-21(14-10-18)27-23-28-24(30-25(29-23)32-15-5-2-6-16-32)31-26-17-20-12-11-19-7-3-4-8-22(19)20/h3-4,7-10,12-14,17H,2,5-6,11,15-16H2,1H3,(H2,27,28,29,30,31)/b26-17+. The van der Waals surface area contributed by atoms with Crippen LogP contribution in [0.15, 0.2) is 59.7 Å². The van der Waals surface area contributed by atoms with Gasteiger partial charge in [-0.15, -0.1) is 0 Å². The van der Waals surface area contributed by atoms with E-state index in [0.717, 1.165) is 43.6 Å². The Bertz CT molecular complexity index is 1150. The van der Waals surface area contributed by atoms with Crippen molar-refractivity contribution < 1.29 is 0 Å². The molecule has 0 radical (unpaired) electrons. The van der Waals surface area contributed by atoms with Crippen LogP contribution in [-0.4, -0.2) is 34.3 Å². The second-order valence-electron chi connectivity index (χ2n) is 8.21. The van der Waals surface area contributed by atoms with Crippen molar-refractivity contribution in [3.63, 3.8) is 0 Å². The Hall–Kier alpha value is -3.74. The van der Waals surface area contributed by atoms with Crippen molar-refractivity contribution in [2.45, 2.75) is 32.6 Å². The molecule has 2 N–H and O–H groups in total. The Balaban J connectivity index is 1.37. The van der Waals surface area contributed by atoms with Crippen molar-refractivity contribution in [2.24, 2.45) is 5.10 Å². The molecular formula is C25H27N7. The van der Waals surface area contributed by atoms with Crippen LogP contribution in [0.1, 0.15) is 36.0 Å². The number of hydrogen-bond donors (Lipinski definition) is 2. The van der Waals surface area contributed by atoms with Crippen LogP contribution in [0, 0.1) is 6.92 Å². The predicted molar refractivity (Wildman–Crippen MR) is 131 cm³/mol. The minimum atomic E-state index is 0.429. The highest BCUT2D eigenvalue weighted by atomic mass is 15.4. The average Bonchev–Trinajstić information content (AvgIpc) is 3.24. The highest BCUT2D eigenvalue weighted by Crippen LogP contribution is 2.26. The van der Waals surface area contributed by atoms with Crippen LogP contribution >= 0.6 is 0 Å². The van der Waals surface area contributed by atoms with E-state index in [2.05, 4.69) is 85.1 Å². The monoisotopic (exact) mass is 425 g/mol. The van der Waals surface area contributed by atoms with E-state index >= 15 is 0 Å². The van der Waals surface area contributed by atoms with Crippen molar-refractivity contribution in [3.05, 3.63) is 71.3 Å². The molecule has 32 heavy (non-hydrogen) atoms. The molecule has 3 aromatic rings. The van der Waals surface area contributed by atoms with Crippen LogP contribution in [0.2, 0.25) is 0 Å². The number of nitrogens with one attached hydrogen (secondary N) is 2. The molecule has 0 saturated carbocycles. The fourth-order valence-electron chi connectivity index (χ4n) is 4.06. The minimum Gasteiger partial charge on any atom is -0.341 e. The lowest BCUT2D eigenvalue weighted by Crippen LogP contribution is -2.31. The molecule has 2 heterocycles. The number of anilines is 4. The van der Waals surface area contributed by atoms with Gasteiger partial charge in [0.1, 0.15) is 0 Å². The SMILES string of the molecule is Cc1ccc(Nc2nc(N/N=C/C3=CCc4ccccc43)nc(N3CCCCC3)n2)cc1. The zero-order chi connectivity index (χ0) is 21.8. The van der Waals surface area contributed by atoms with Gasteiger partial charge in [0.25, 0.3) is 0 Å². The van der Waals surface area contributed by atoms with Crippen molar-refractivity contribution in [1.29, 1.82) is 0 Å². The molecule has 1 aliphatic heterocycles. The fourth-order valence-corrected chi connectivity index (χ4v) is 4.06. The lowest BCUT2D eigenvalue weighted by molar-refractivity contribution is 0.568. The Labute approximate surface area is 188 Å². The maximum absolute atomic E-state index is 4.68. The summed E-state index contributed by atoms with van der Waals surface area (Å²) in [5.41, 5.74) is 8.82. The van der Waals surface area contributed by atoms with Gasteiger partial charge in [0.05, 0.1) is 6.21 Å². The molecule has 0 atom stereocenters. The topological polar surface area (TPSA) is 78.3 Å². The summed E-state index contributed by atoms with van der Waals surface area (Å²) in [6, 6.07) is 16.6. The molecule has 7 heteroatoms. The second-order valence-corrected chi connectivity index (χ2v) is 8.21. The lowest BCUT2D eigenvalue weighted by Gasteiger charge is -2.26. The van der Waals surface area contributed by atoms with Gasteiger partial charge >= 0.3 is 0 Å². The molecular weight excluding hydrogens is 398 g/mol. The number of nitrogens with zero attached hydrogens (tertiary/aromatic N) is 5. The smallest absolute Gasteiger partial charge is 0.250 e. The maximum Gasteiger partial charge on any atom is 0.250 e. The number of benzene rings is 2. The number of fused-ring (bicyclic) bond motifs is 1. The van der Waals surface area contributed by atoms with Crippen LogP contribution in [0.5, 0.6) is 0 Å². The quantitative estimate of drug-likeness (QED) is 0.430. The first kappa shape index (κ1) is 20.2. The maximum atomic E-state index is 4.68. The Morgan fingerprint density at radius 1 is 0.906 bits per heavy atom. The van der Waals surface area contributed by atoms with Gasteiger partial charge in [-0.1, -0.05) is 48.0 Å². The van der Waals surface area contributed by atoms with Crippen molar-refractivity contribution >= 4 is 35.3 Å². The molecule has 5 rings (SSSR count). The fraction of sp³-hybridized carbons (Fsp3) is 0.280. The van der Waals surface area contributed by atoms with Gasteiger partial charge in [-0.05, 0) is 61.4 Å². The van der Waals surface area contributed by atoms with Gasteiger partial charge in [0.2, 0.25) is 17.8 Å². The summed E-state index contributed by atoms with van der Waals surface area (Å²) in [6.45, 7) is 3.99. The molecule has 162 valence electrons. The Morgan fingerprint density at radius 3 is 2.53 bits per heavy atom. The number of aromatic nitrogens is 3. The highest BCUT2D eigenvalue weighted by molar-refractivity contribution is 6.11. The lowest BCUT2D eigenvalue weighted by atomic mass is 10.1. The van der Waals surface area contributed by atoms with E-state index in [1.54, 1.807) is 0 Å². The van der Waals surface area contributed by atoms with Crippen molar-refractivity contribution in [2.75, 3.05) is 28.7 Å². The van der Waals surface area contributed by atoms with Crippen LogP contribution in [-0.2, 0) is 6.42 Å². The van der Waals surface area contributed by atoms with Crippen molar-refractivity contribution in [1.82, 2.24) is 15.0 Å². The number of aryl methyl sites for hydroxylation is 1.